The highest BCUT2D eigenvalue weighted by Crippen LogP contribution is 2.78. The number of Topliss-reactive ketones (excluding diaryl/α,β-unsaturated/α-hetero) is 1. The SMILES string of the molecule is C[C@]12CC[C@H]3[C@]4(C=C[C@@]5(C=C4C(=O)C4CCCCC4)CC(O)CC[C@]35C)[C@@H]1CC[C@@]2(O)CN1CCC2(CC1)C(=O)NCN2c1ccccc1. The summed E-state index contributed by atoms with van der Waals surface area (Å²) in [6, 6.07) is 10.3. The summed E-state index contributed by atoms with van der Waals surface area (Å²) in [6.07, 6.45) is 20.2. The number of β-amino-alcohol motifs (C(OH)–C–C–N with tert-alkyl or cyclic N) is 1. The Morgan fingerprint density at radius 2 is 1.57 bits per heavy atom. The normalized spacial score (nSPS) is 44.3. The summed E-state index contributed by atoms with van der Waals surface area (Å²) in [7, 11) is 0. The Bertz CT molecular complexity index is 1580. The molecule has 8 atom stereocenters. The van der Waals surface area contributed by atoms with Gasteiger partial charge in [-0.15, -0.1) is 0 Å². The van der Waals surface area contributed by atoms with Gasteiger partial charge in [0.15, 0.2) is 5.78 Å². The number of carbonyl (C=O) groups excluding carboxylic acids is 2. The predicted molar refractivity (Wildman–Crippen MR) is 190 cm³/mol. The van der Waals surface area contributed by atoms with Crippen LogP contribution in [0.25, 0.3) is 0 Å². The Hall–Kier alpha value is -2.48. The molecule has 7 aliphatic carbocycles. The van der Waals surface area contributed by atoms with Crippen molar-refractivity contribution in [3.63, 3.8) is 0 Å². The molecule has 3 spiro atoms. The van der Waals surface area contributed by atoms with Crippen molar-refractivity contribution in [2.45, 2.75) is 121 Å². The number of allylic oxidation sites excluding steroid dienone is 4. The highest BCUT2D eigenvalue weighted by Gasteiger charge is 2.74. The van der Waals surface area contributed by atoms with E-state index in [1.54, 1.807) is 0 Å². The molecule has 1 aromatic carbocycles. The van der Waals surface area contributed by atoms with Crippen molar-refractivity contribution < 1.29 is 19.8 Å². The molecule has 1 aromatic rings. The van der Waals surface area contributed by atoms with E-state index in [9.17, 15) is 19.8 Å². The first kappa shape index (κ1) is 32.4. The number of ketones is 1. The first-order valence-electron chi connectivity index (χ1n) is 19.7. The molecule has 2 bridgehead atoms. The van der Waals surface area contributed by atoms with Gasteiger partial charge in [-0.1, -0.05) is 69.5 Å². The van der Waals surface area contributed by atoms with Gasteiger partial charge in [-0.3, -0.25) is 9.59 Å². The van der Waals surface area contributed by atoms with E-state index < -0.39 is 11.1 Å². The minimum absolute atomic E-state index is 0.00698. The van der Waals surface area contributed by atoms with Crippen LogP contribution in [0.1, 0.15) is 104 Å². The molecule has 10 rings (SSSR count). The third-order valence-electron chi connectivity index (χ3n) is 16.5. The van der Waals surface area contributed by atoms with Crippen LogP contribution < -0.4 is 10.2 Å². The number of hydrogen-bond acceptors (Lipinski definition) is 6. The molecule has 1 amide bonds. The lowest BCUT2D eigenvalue weighted by Gasteiger charge is -2.71. The third kappa shape index (κ3) is 4.24. The maximum Gasteiger partial charge on any atom is 0.247 e. The summed E-state index contributed by atoms with van der Waals surface area (Å²) in [4.78, 5) is 32.9. The van der Waals surface area contributed by atoms with Crippen molar-refractivity contribution in [3.8, 4) is 0 Å². The van der Waals surface area contributed by atoms with Crippen molar-refractivity contribution in [2.24, 2.45) is 39.4 Å². The van der Waals surface area contributed by atoms with E-state index in [0.29, 0.717) is 24.9 Å². The van der Waals surface area contributed by atoms with E-state index in [1.165, 1.54) is 6.42 Å². The number of aliphatic hydroxyl groups excluding tert-OH is 1. The monoisotopic (exact) mass is 667 g/mol. The van der Waals surface area contributed by atoms with Gasteiger partial charge in [0.2, 0.25) is 5.91 Å². The van der Waals surface area contributed by atoms with Gasteiger partial charge in [-0.05, 0) is 100 Å². The second-order valence-electron chi connectivity index (χ2n) is 18.2. The largest absolute Gasteiger partial charge is 0.393 e. The number of aliphatic hydroxyl groups is 2. The van der Waals surface area contributed by atoms with E-state index in [-0.39, 0.29) is 45.5 Å². The van der Waals surface area contributed by atoms with Crippen LogP contribution in [0.3, 0.4) is 0 Å². The van der Waals surface area contributed by atoms with Crippen molar-refractivity contribution in [1.82, 2.24) is 10.2 Å². The quantitative estimate of drug-likeness (QED) is 0.326. The van der Waals surface area contributed by atoms with Crippen molar-refractivity contribution in [2.75, 3.05) is 31.2 Å². The summed E-state index contributed by atoms with van der Waals surface area (Å²) >= 11 is 0. The maximum absolute atomic E-state index is 14.8. The van der Waals surface area contributed by atoms with Crippen LogP contribution in [0.4, 0.5) is 5.69 Å². The summed E-state index contributed by atoms with van der Waals surface area (Å²) in [5.74, 6) is 1.17. The van der Waals surface area contributed by atoms with Gasteiger partial charge in [0, 0.05) is 53.1 Å². The predicted octanol–water partition coefficient (Wildman–Crippen LogP) is 6.16. The zero-order valence-corrected chi connectivity index (χ0v) is 29.8. The Labute approximate surface area is 292 Å². The second-order valence-corrected chi connectivity index (χ2v) is 18.2. The minimum Gasteiger partial charge on any atom is -0.393 e. The molecule has 7 heteroatoms. The summed E-state index contributed by atoms with van der Waals surface area (Å²) < 4.78 is 0. The van der Waals surface area contributed by atoms with Crippen LogP contribution in [0.5, 0.6) is 0 Å². The first-order valence-corrected chi connectivity index (χ1v) is 19.7. The van der Waals surface area contributed by atoms with Crippen molar-refractivity contribution >= 4 is 17.4 Å². The van der Waals surface area contributed by atoms with Gasteiger partial charge in [0.1, 0.15) is 5.54 Å². The fraction of sp³-hybridized carbons (Fsp3) is 0.714. The molecule has 49 heavy (non-hydrogen) atoms. The van der Waals surface area contributed by atoms with Crippen LogP contribution in [-0.4, -0.2) is 70.4 Å². The van der Waals surface area contributed by atoms with Crippen LogP contribution in [0.15, 0.2) is 54.1 Å². The molecule has 7 nitrogen and oxygen atoms in total. The number of likely N-dealkylation sites (tertiary alicyclic amines) is 1. The molecular formula is C42H57N3O4. The third-order valence-corrected chi connectivity index (χ3v) is 16.5. The number of rotatable bonds is 5. The lowest BCUT2D eigenvalue weighted by molar-refractivity contribution is -0.180. The van der Waals surface area contributed by atoms with Gasteiger partial charge in [0.25, 0.3) is 0 Å². The molecule has 9 aliphatic rings. The standard InChI is InChI=1S/C42H57N3O4/c1-37-16-13-31(46)25-39(37)19-20-42(32(26-39)35(47)29-9-5-3-6-10-29)33(37)14-17-38(2)34(42)15-18-41(38,49)27-44-23-21-40(22-24-44)36(48)43-28-45(40)30-11-7-4-8-12-30/h4,7-8,11-12,19-20,26,29,31,33-34,46,49H,3,5-6,9-10,13-18,21-25,27-28H2,1-2H3,(H,43,48)/t31?,33-,34-,37-,38+,39+,41-,42-/m1/s1. The Balaban J connectivity index is 1.02. The number of para-hydroxylation sites is 1. The van der Waals surface area contributed by atoms with E-state index in [2.05, 4.69) is 59.3 Å². The molecule has 2 heterocycles. The number of anilines is 1. The number of nitrogens with one attached hydrogen (secondary N) is 1. The van der Waals surface area contributed by atoms with E-state index in [0.717, 1.165) is 108 Å². The molecule has 264 valence electrons. The lowest BCUT2D eigenvalue weighted by Crippen LogP contribution is -2.68. The fourth-order valence-corrected chi connectivity index (χ4v) is 13.7. The number of carbonyl (C=O) groups is 2. The smallest absolute Gasteiger partial charge is 0.247 e. The fourth-order valence-electron chi connectivity index (χ4n) is 13.7. The average Bonchev–Trinajstić information content (AvgIpc) is 3.57. The summed E-state index contributed by atoms with van der Waals surface area (Å²) in [5.41, 5.74) is -0.181. The molecule has 2 saturated heterocycles. The van der Waals surface area contributed by atoms with E-state index in [4.69, 9.17) is 0 Å². The Morgan fingerprint density at radius 3 is 2.33 bits per heavy atom. The van der Waals surface area contributed by atoms with Crippen LogP contribution in [0.2, 0.25) is 0 Å². The minimum atomic E-state index is -0.860. The molecule has 4 saturated carbocycles. The number of benzene rings is 1. The van der Waals surface area contributed by atoms with Crippen LogP contribution in [0, 0.1) is 39.4 Å². The van der Waals surface area contributed by atoms with Crippen molar-refractivity contribution in [3.05, 3.63) is 54.1 Å². The van der Waals surface area contributed by atoms with Crippen molar-refractivity contribution in [1.29, 1.82) is 0 Å². The zero-order valence-electron chi connectivity index (χ0n) is 29.8. The second kappa shape index (κ2) is 11.0. The topological polar surface area (TPSA) is 93.1 Å². The molecule has 0 radical (unpaired) electrons. The number of nitrogens with zero attached hydrogens (tertiary/aromatic N) is 2. The molecule has 1 unspecified atom stereocenters. The molecule has 0 aromatic heterocycles. The molecule has 6 fully saturated rings. The van der Waals surface area contributed by atoms with Gasteiger partial charge < -0.3 is 25.3 Å². The Kier molecular flexibility index (Phi) is 7.29. The van der Waals surface area contributed by atoms with Gasteiger partial charge >= 0.3 is 0 Å². The van der Waals surface area contributed by atoms with Crippen LogP contribution in [-0.2, 0) is 9.59 Å². The number of amides is 1. The highest BCUT2D eigenvalue weighted by atomic mass is 16.3. The van der Waals surface area contributed by atoms with Crippen LogP contribution >= 0.6 is 0 Å². The van der Waals surface area contributed by atoms with Gasteiger partial charge in [0.05, 0.1) is 18.4 Å². The first-order chi connectivity index (χ1) is 23.5. The average molecular weight is 668 g/mol. The summed E-state index contributed by atoms with van der Waals surface area (Å²) in [6.45, 7) is 7.56. The lowest BCUT2D eigenvalue weighted by atomic mass is 9.32. The number of piperidine rings is 1. The number of fused-ring (bicyclic) bond motifs is 1. The molecular weight excluding hydrogens is 610 g/mol. The number of hydrogen-bond donors (Lipinski definition) is 3. The molecule has 3 N–H and O–H groups in total. The molecule has 2 aliphatic heterocycles. The maximum atomic E-state index is 14.8. The van der Waals surface area contributed by atoms with Gasteiger partial charge in [-0.25, -0.2) is 0 Å². The Morgan fingerprint density at radius 1 is 0.878 bits per heavy atom. The van der Waals surface area contributed by atoms with Gasteiger partial charge in [-0.2, -0.15) is 0 Å². The highest BCUT2D eigenvalue weighted by molar-refractivity contribution is 6.00. The summed E-state index contributed by atoms with van der Waals surface area (Å²) in [5, 5.41) is 27.1. The van der Waals surface area contributed by atoms with E-state index >= 15 is 0 Å². The zero-order chi connectivity index (χ0) is 33.9. The van der Waals surface area contributed by atoms with E-state index in [1.807, 2.05) is 18.2 Å².